The normalized spacial score (nSPS) is 27.4. The molecule has 2 aliphatic rings. The lowest BCUT2D eigenvalue weighted by Gasteiger charge is -2.44. The molecule has 0 amide bonds. The maximum Gasteiger partial charge on any atom is 0.155 e. The number of rotatable bonds is 4. The van der Waals surface area contributed by atoms with Gasteiger partial charge in [-0.1, -0.05) is 13.8 Å². The van der Waals surface area contributed by atoms with Crippen molar-refractivity contribution in [3.05, 3.63) is 0 Å². The molecule has 2 aliphatic heterocycles. The van der Waals surface area contributed by atoms with Crippen molar-refractivity contribution in [2.45, 2.75) is 63.5 Å². The van der Waals surface area contributed by atoms with Gasteiger partial charge in [0.1, 0.15) is 0 Å². The topological polar surface area (TPSA) is 61.6 Å². The Morgan fingerprint density at radius 1 is 1.26 bits per heavy atom. The highest BCUT2D eigenvalue weighted by Gasteiger charge is 2.44. The van der Waals surface area contributed by atoms with E-state index in [0.717, 1.165) is 51.7 Å². The molecular formula is C15H27NO3. The van der Waals surface area contributed by atoms with Crippen molar-refractivity contribution >= 4 is 5.78 Å². The smallest absolute Gasteiger partial charge is 0.155 e. The molecular weight excluding hydrogens is 242 g/mol. The predicted octanol–water partition coefficient (Wildman–Crippen LogP) is 2.05. The van der Waals surface area contributed by atoms with Gasteiger partial charge in [0.2, 0.25) is 0 Å². The number of ether oxygens (including phenoxy) is 2. The fourth-order valence-corrected chi connectivity index (χ4v) is 3.35. The molecule has 4 heteroatoms. The Morgan fingerprint density at radius 2 is 1.89 bits per heavy atom. The second-order valence-electron chi connectivity index (χ2n) is 6.06. The largest absolute Gasteiger partial charge is 0.381 e. The summed E-state index contributed by atoms with van der Waals surface area (Å²) in [6.07, 6.45) is 4.90. The lowest BCUT2D eigenvalue weighted by atomic mass is 9.73. The Bertz CT molecular complexity index is 314. The summed E-state index contributed by atoms with van der Waals surface area (Å²) < 4.78 is 11.4. The summed E-state index contributed by atoms with van der Waals surface area (Å²) in [5.41, 5.74) is 5.50. The maximum absolute atomic E-state index is 12.7. The zero-order chi connectivity index (χ0) is 13.9. The Kier molecular flexibility index (Phi) is 4.64. The summed E-state index contributed by atoms with van der Waals surface area (Å²) in [5.74, 6) is 0.309. The molecule has 0 aromatic heterocycles. The highest BCUT2D eigenvalue weighted by atomic mass is 16.5. The summed E-state index contributed by atoms with van der Waals surface area (Å²) in [5, 5.41) is 0. The number of Topliss-reactive ketones (excluding diaryl/α,β-unsaturated/α-hetero) is 1. The minimum absolute atomic E-state index is 0.0664. The molecule has 110 valence electrons. The first-order valence-corrected chi connectivity index (χ1v) is 7.60. The molecule has 1 unspecified atom stereocenters. The lowest BCUT2D eigenvalue weighted by molar-refractivity contribution is -0.159. The van der Waals surface area contributed by atoms with Crippen LogP contribution in [-0.4, -0.2) is 36.7 Å². The van der Waals surface area contributed by atoms with Gasteiger partial charge in [-0.3, -0.25) is 4.79 Å². The van der Waals surface area contributed by atoms with Crippen LogP contribution in [-0.2, 0) is 14.3 Å². The van der Waals surface area contributed by atoms with Gasteiger partial charge in [-0.25, -0.2) is 0 Å². The van der Waals surface area contributed by atoms with E-state index in [0.29, 0.717) is 6.61 Å². The summed E-state index contributed by atoms with van der Waals surface area (Å²) in [6, 6.07) is 0. The monoisotopic (exact) mass is 269 g/mol. The van der Waals surface area contributed by atoms with Gasteiger partial charge in [0, 0.05) is 25.7 Å². The first-order chi connectivity index (χ1) is 9.05. The third kappa shape index (κ3) is 3.01. The first kappa shape index (κ1) is 14.9. The quantitative estimate of drug-likeness (QED) is 0.848. The van der Waals surface area contributed by atoms with E-state index in [2.05, 4.69) is 0 Å². The standard InChI is InChI=1S/C15H27NO3/c1-3-15(16,4-2)13(17)12-5-8-19-14(11-12)6-9-18-10-7-14/h12H,3-11,16H2,1-2H3. The van der Waals surface area contributed by atoms with Crippen LogP contribution in [0.4, 0.5) is 0 Å². The molecule has 0 saturated carbocycles. The number of carbonyl (C=O) groups is 1. The Hall–Kier alpha value is -0.450. The van der Waals surface area contributed by atoms with Crippen LogP contribution in [0.3, 0.4) is 0 Å². The molecule has 1 atom stereocenters. The van der Waals surface area contributed by atoms with Crippen LogP contribution in [0.5, 0.6) is 0 Å². The van der Waals surface area contributed by atoms with Gasteiger partial charge in [0.05, 0.1) is 11.1 Å². The highest BCUT2D eigenvalue weighted by Crippen LogP contribution is 2.39. The minimum atomic E-state index is -0.644. The van der Waals surface area contributed by atoms with E-state index in [4.69, 9.17) is 15.2 Å². The van der Waals surface area contributed by atoms with Crippen molar-refractivity contribution in [3.63, 3.8) is 0 Å². The fourth-order valence-electron chi connectivity index (χ4n) is 3.35. The van der Waals surface area contributed by atoms with Crippen LogP contribution >= 0.6 is 0 Å². The highest BCUT2D eigenvalue weighted by molar-refractivity contribution is 5.90. The van der Waals surface area contributed by atoms with Gasteiger partial charge < -0.3 is 15.2 Å². The molecule has 0 aromatic carbocycles. The van der Waals surface area contributed by atoms with Gasteiger partial charge >= 0.3 is 0 Å². The van der Waals surface area contributed by atoms with Crippen LogP contribution in [0.1, 0.15) is 52.4 Å². The summed E-state index contributed by atoms with van der Waals surface area (Å²) in [7, 11) is 0. The van der Waals surface area contributed by atoms with Gasteiger partial charge in [-0.05, 0) is 38.5 Å². The molecule has 0 aliphatic carbocycles. The van der Waals surface area contributed by atoms with Crippen molar-refractivity contribution in [3.8, 4) is 0 Å². The van der Waals surface area contributed by atoms with E-state index in [1.165, 1.54) is 0 Å². The molecule has 2 saturated heterocycles. The predicted molar refractivity (Wildman–Crippen MR) is 74.0 cm³/mol. The molecule has 2 N–H and O–H groups in total. The average Bonchev–Trinajstić information content (AvgIpc) is 2.46. The third-order valence-corrected chi connectivity index (χ3v) is 5.02. The minimum Gasteiger partial charge on any atom is -0.381 e. The lowest BCUT2D eigenvalue weighted by Crippen LogP contribution is -2.54. The number of hydrogen-bond acceptors (Lipinski definition) is 4. The van der Waals surface area contributed by atoms with E-state index < -0.39 is 5.54 Å². The van der Waals surface area contributed by atoms with E-state index in [1.54, 1.807) is 0 Å². The molecule has 2 fully saturated rings. The average molecular weight is 269 g/mol. The van der Waals surface area contributed by atoms with Crippen molar-refractivity contribution in [2.24, 2.45) is 11.7 Å². The maximum atomic E-state index is 12.7. The molecule has 19 heavy (non-hydrogen) atoms. The number of ketones is 1. The fraction of sp³-hybridized carbons (Fsp3) is 0.933. The van der Waals surface area contributed by atoms with Crippen molar-refractivity contribution in [1.82, 2.24) is 0 Å². The number of nitrogens with two attached hydrogens (primary N) is 1. The molecule has 2 rings (SSSR count). The van der Waals surface area contributed by atoms with Gasteiger partial charge in [0.15, 0.2) is 5.78 Å². The second kappa shape index (κ2) is 5.90. The van der Waals surface area contributed by atoms with E-state index in [9.17, 15) is 4.79 Å². The Labute approximate surface area is 116 Å². The molecule has 0 radical (unpaired) electrons. The van der Waals surface area contributed by atoms with E-state index in [-0.39, 0.29) is 17.3 Å². The van der Waals surface area contributed by atoms with Crippen LogP contribution in [0.2, 0.25) is 0 Å². The second-order valence-corrected chi connectivity index (χ2v) is 6.06. The summed E-state index contributed by atoms with van der Waals surface area (Å²) in [4.78, 5) is 12.7. The molecule has 0 aromatic rings. The SMILES string of the molecule is CCC(N)(CC)C(=O)C1CCOC2(CCOCC2)C1. The van der Waals surface area contributed by atoms with Crippen molar-refractivity contribution in [1.29, 1.82) is 0 Å². The van der Waals surface area contributed by atoms with Crippen molar-refractivity contribution in [2.75, 3.05) is 19.8 Å². The van der Waals surface area contributed by atoms with Gasteiger partial charge in [-0.15, -0.1) is 0 Å². The summed E-state index contributed by atoms with van der Waals surface area (Å²) >= 11 is 0. The van der Waals surface area contributed by atoms with E-state index >= 15 is 0 Å². The third-order valence-electron chi connectivity index (χ3n) is 5.02. The first-order valence-electron chi connectivity index (χ1n) is 7.60. The van der Waals surface area contributed by atoms with Crippen LogP contribution < -0.4 is 5.73 Å². The molecule has 2 heterocycles. The Balaban J connectivity index is 2.06. The summed E-state index contributed by atoms with van der Waals surface area (Å²) in [6.45, 7) is 6.18. The van der Waals surface area contributed by atoms with Crippen LogP contribution in [0.25, 0.3) is 0 Å². The zero-order valence-corrected chi connectivity index (χ0v) is 12.2. The zero-order valence-electron chi connectivity index (χ0n) is 12.2. The van der Waals surface area contributed by atoms with Gasteiger partial charge in [-0.2, -0.15) is 0 Å². The van der Waals surface area contributed by atoms with Crippen LogP contribution in [0, 0.1) is 5.92 Å². The van der Waals surface area contributed by atoms with Crippen LogP contribution in [0.15, 0.2) is 0 Å². The van der Waals surface area contributed by atoms with E-state index in [1.807, 2.05) is 13.8 Å². The number of carbonyl (C=O) groups excluding carboxylic acids is 1. The number of hydrogen-bond donors (Lipinski definition) is 1. The van der Waals surface area contributed by atoms with Crippen molar-refractivity contribution < 1.29 is 14.3 Å². The Morgan fingerprint density at radius 3 is 2.47 bits per heavy atom. The molecule has 0 bridgehead atoms. The molecule has 1 spiro atoms. The molecule has 4 nitrogen and oxygen atoms in total. The van der Waals surface area contributed by atoms with Gasteiger partial charge in [0.25, 0.3) is 0 Å².